The number of hydrogen-bond acceptors (Lipinski definition) is 6. The van der Waals surface area contributed by atoms with Crippen molar-refractivity contribution in [1.29, 1.82) is 0 Å². The van der Waals surface area contributed by atoms with E-state index >= 15 is 0 Å². The first-order chi connectivity index (χ1) is 18.0. The largest absolute Gasteiger partial charge is 0.390 e. The molecule has 4 aromatic rings. The quantitative estimate of drug-likeness (QED) is 0.366. The van der Waals surface area contributed by atoms with Crippen molar-refractivity contribution in [2.75, 3.05) is 18.4 Å². The lowest BCUT2D eigenvalue weighted by Gasteiger charge is -2.46. The molecule has 37 heavy (non-hydrogen) atoms. The fourth-order valence-electron chi connectivity index (χ4n) is 5.71. The molecule has 1 saturated carbocycles. The van der Waals surface area contributed by atoms with Gasteiger partial charge in [-0.2, -0.15) is 0 Å². The second-order valence-corrected chi connectivity index (χ2v) is 11.0. The number of amides is 2. The van der Waals surface area contributed by atoms with Gasteiger partial charge in [-0.05, 0) is 72.7 Å². The van der Waals surface area contributed by atoms with Crippen LogP contribution >= 0.6 is 11.3 Å². The number of pyridine rings is 1. The molecule has 2 amide bonds. The van der Waals surface area contributed by atoms with E-state index in [-0.39, 0.29) is 29.9 Å². The minimum absolute atomic E-state index is 0.00368. The summed E-state index contributed by atoms with van der Waals surface area (Å²) >= 11 is 1.39. The van der Waals surface area contributed by atoms with Crippen LogP contribution in [0.4, 0.5) is 5.95 Å². The van der Waals surface area contributed by atoms with Crippen molar-refractivity contribution in [1.82, 2.24) is 19.4 Å². The number of fused-ring (bicyclic) bond motifs is 1. The van der Waals surface area contributed by atoms with Crippen LogP contribution in [0.1, 0.15) is 40.7 Å². The van der Waals surface area contributed by atoms with Crippen molar-refractivity contribution in [2.24, 2.45) is 5.41 Å². The highest BCUT2D eigenvalue weighted by atomic mass is 32.1. The number of hydrogen-bond donors (Lipinski definition) is 2. The molecule has 2 fully saturated rings. The molecular weight excluding hydrogens is 486 g/mol. The molecule has 8 nitrogen and oxygen atoms in total. The van der Waals surface area contributed by atoms with E-state index in [1.807, 2.05) is 53.4 Å². The van der Waals surface area contributed by atoms with E-state index in [1.54, 1.807) is 6.20 Å². The Kier molecular flexibility index (Phi) is 5.89. The van der Waals surface area contributed by atoms with Gasteiger partial charge in [0.2, 0.25) is 11.9 Å². The van der Waals surface area contributed by atoms with E-state index in [1.165, 1.54) is 17.4 Å². The summed E-state index contributed by atoms with van der Waals surface area (Å²) in [5.74, 6) is 0.336. The van der Waals surface area contributed by atoms with Crippen molar-refractivity contribution in [3.8, 4) is 10.4 Å². The van der Waals surface area contributed by atoms with Crippen LogP contribution in [0.15, 0.2) is 67.4 Å². The SMILES string of the molecule is C=CC(=O)N1CCC2(CC(n3c(NC(=O)c4ccc(-c5ccnc(CO)c5)s4)nc4ccccc43)C2)C1. The average molecular weight is 514 g/mol. The predicted octanol–water partition coefficient (Wildman–Crippen LogP) is 4.64. The highest BCUT2D eigenvalue weighted by molar-refractivity contribution is 7.17. The van der Waals surface area contributed by atoms with Gasteiger partial charge in [0.15, 0.2) is 0 Å². The van der Waals surface area contributed by atoms with Gasteiger partial charge in [-0.15, -0.1) is 11.3 Å². The smallest absolute Gasteiger partial charge is 0.268 e. The molecule has 9 heteroatoms. The van der Waals surface area contributed by atoms with Gasteiger partial charge < -0.3 is 14.6 Å². The van der Waals surface area contributed by atoms with E-state index in [0.717, 1.165) is 53.8 Å². The minimum atomic E-state index is -0.207. The van der Waals surface area contributed by atoms with Crippen LogP contribution in [-0.2, 0) is 11.4 Å². The number of carbonyl (C=O) groups is 2. The summed E-state index contributed by atoms with van der Waals surface area (Å²) < 4.78 is 2.15. The molecule has 0 unspecified atom stereocenters. The van der Waals surface area contributed by atoms with E-state index < -0.39 is 0 Å². The lowest BCUT2D eigenvalue weighted by molar-refractivity contribution is -0.125. The van der Waals surface area contributed by atoms with Gasteiger partial charge in [-0.3, -0.25) is 19.9 Å². The van der Waals surface area contributed by atoms with Gasteiger partial charge in [0.1, 0.15) is 0 Å². The normalized spacial score (nSPS) is 20.8. The molecular formula is C28H27N5O3S. The number of benzene rings is 1. The molecule has 1 spiro atoms. The Morgan fingerprint density at radius 3 is 2.86 bits per heavy atom. The molecule has 6 rings (SSSR count). The summed E-state index contributed by atoms with van der Waals surface area (Å²) in [4.78, 5) is 37.7. The first-order valence-electron chi connectivity index (χ1n) is 12.3. The Labute approximate surface area is 218 Å². The minimum Gasteiger partial charge on any atom is -0.390 e. The van der Waals surface area contributed by atoms with Crippen LogP contribution in [0.25, 0.3) is 21.5 Å². The number of nitrogens with zero attached hydrogens (tertiary/aromatic N) is 4. The van der Waals surface area contributed by atoms with Crippen molar-refractivity contribution < 1.29 is 14.7 Å². The molecule has 0 bridgehead atoms. The van der Waals surface area contributed by atoms with Gasteiger partial charge in [0.25, 0.3) is 5.91 Å². The van der Waals surface area contributed by atoms with E-state index in [9.17, 15) is 14.7 Å². The molecule has 3 aromatic heterocycles. The molecule has 1 saturated heterocycles. The number of carbonyl (C=O) groups excluding carboxylic acids is 2. The maximum atomic E-state index is 13.3. The highest BCUT2D eigenvalue weighted by Gasteiger charge is 2.50. The zero-order chi connectivity index (χ0) is 25.6. The summed E-state index contributed by atoms with van der Waals surface area (Å²) in [6.45, 7) is 5.02. The van der Waals surface area contributed by atoms with Crippen LogP contribution in [0, 0.1) is 5.41 Å². The Morgan fingerprint density at radius 2 is 2.05 bits per heavy atom. The maximum Gasteiger partial charge on any atom is 0.268 e. The third-order valence-electron chi connectivity index (χ3n) is 7.54. The van der Waals surface area contributed by atoms with Crippen molar-refractivity contribution in [3.63, 3.8) is 0 Å². The number of rotatable bonds is 6. The maximum absolute atomic E-state index is 13.3. The first kappa shape index (κ1) is 23.6. The van der Waals surface area contributed by atoms with Gasteiger partial charge >= 0.3 is 0 Å². The Hall–Kier alpha value is -3.82. The second kappa shape index (κ2) is 9.24. The van der Waals surface area contributed by atoms with Gasteiger partial charge in [-0.1, -0.05) is 18.7 Å². The number of imidazole rings is 1. The number of likely N-dealkylation sites (tertiary alicyclic amines) is 1. The lowest BCUT2D eigenvalue weighted by Crippen LogP contribution is -2.42. The van der Waals surface area contributed by atoms with Crippen LogP contribution in [-0.4, -0.2) is 49.4 Å². The molecule has 4 heterocycles. The predicted molar refractivity (Wildman–Crippen MR) is 143 cm³/mol. The lowest BCUT2D eigenvalue weighted by atomic mass is 9.65. The summed E-state index contributed by atoms with van der Waals surface area (Å²) in [7, 11) is 0. The fraction of sp³-hybridized carbons (Fsp3) is 0.286. The zero-order valence-electron chi connectivity index (χ0n) is 20.3. The molecule has 1 aliphatic heterocycles. The molecule has 2 N–H and O–H groups in total. The third-order valence-corrected chi connectivity index (χ3v) is 8.67. The monoisotopic (exact) mass is 513 g/mol. The molecule has 0 radical (unpaired) electrons. The zero-order valence-corrected chi connectivity index (χ0v) is 21.1. The van der Waals surface area contributed by atoms with Crippen LogP contribution in [0.2, 0.25) is 0 Å². The van der Waals surface area contributed by atoms with Crippen molar-refractivity contribution in [2.45, 2.75) is 31.9 Å². The molecule has 1 aliphatic carbocycles. The highest BCUT2D eigenvalue weighted by Crippen LogP contribution is 2.55. The number of aromatic nitrogens is 3. The summed E-state index contributed by atoms with van der Waals surface area (Å²) in [6, 6.07) is 15.5. The summed E-state index contributed by atoms with van der Waals surface area (Å²) in [6.07, 6.45) is 5.92. The van der Waals surface area contributed by atoms with Crippen LogP contribution in [0.3, 0.4) is 0 Å². The number of nitrogens with one attached hydrogen (secondary N) is 1. The number of anilines is 1. The second-order valence-electron chi connectivity index (χ2n) is 9.88. The topological polar surface area (TPSA) is 100 Å². The van der Waals surface area contributed by atoms with E-state index in [2.05, 4.69) is 21.4 Å². The number of para-hydroxylation sites is 2. The van der Waals surface area contributed by atoms with Crippen LogP contribution < -0.4 is 5.32 Å². The summed E-state index contributed by atoms with van der Waals surface area (Å²) in [5, 5.41) is 12.4. The molecule has 188 valence electrons. The first-order valence-corrected chi connectivity index (χ1v) is 13.2. The number of aliphatic hydroxyl groups excluding tert-OH is 1. The van der Waals surface area contributed by atoms with E-state index in [4.69, 9.17) is 4.98 Å². The Bertz CT molecular complexity index is 1520. The molecule has 1 aromatic carbocycles. The van der Waals surface area contributed by atoms with Gasteiger partial charge in [-0.25, -0.2) is 4.98 Å². The van der Waals surface area contributed by atoms with Crippen LogP contribution in [0.5, 0.6) is 0 Å². The number of thiophene rings is 1. The van der Waals surface area contributed by atoms with Gasteiger partial charge in [0.05, 0.1) is 28.2 Å². The van der Waals surface area contributed by atoms with E-state index in [0.29, 0.717) is 16.5 Å². The van der Waals surface area contributed by atoms with Crippen molar-refractivity contribution in [3.05, 3.63) is 78.0 Å². The third kappa shape index (κ3) is 4.24. The fourth-order valence-corrected chi connectivity index (χ4v) is 6.60. The number of aliphatic hydroxyl groups is 1. The summed E-state index contributed by atoms with van der Waals surface area (Å²) in [5.41, 5.74) is 3.46. The Morgan fingerprint density at radius 1 is 1.22 bits per heavy atom. The average Bonchev–Trinajstić information content (AvgIpc) is 3.64. The Balaban J connectivity index is 1.23. The van der Waals surface area contributed by atoms with Gasteiger partial charge in [0, 0.05) is 30.2 Å². The molecule has 2 aliphatic rings. The standard InChI is InChI=1S/C28H27N5O3S/c1-2-25(35)32-12-10-28(17-32)14-20(15-28)33-22-6-4-3-5-21(22)30-27(33)31-26(36)24-8-7-23(37-24)18-9-11-29-19(13-18)16-34/h2-9,11,13,20,34H,1,10,12,14-17H2,(H,30,31,36). The molecule has 0 atom stereocenters. The van der Waals surface area contributed by atoms with Crippen molar-refractivity contribution >= 4 is 40.1 Å².